The second-order valence-corrected chi connectivity index (χ2v) is 6.16. The summed E-state index contributed by atoms with van der Waals surface area (Å²) in [5, 5.41) is 2.96. The van der Waals surface area contributed by atoms with E-state index >= 15 is 0 Å². The highest BCUT2D eigenvalue weighted by atomic mass is 16.5. The Morgan fingerprint density at radius 1 is 1.12 bits per heavy atom. The zero-order valence-electron chi connectivity index (χ0n) is 13.8. The first-order valence-corrected chi connectivity index (χ1v) is 7.83. The van der Waals surface area contributed by atoms with E-state index in [1.165, 1.54) is 0 Å². The topological polar surface area (TPSA) is 81.4 Å². The van der Waals surface area contributed by atoms with Gasteiger partial charge in [0.15, 0.2) is 0 Å². The number of nitrogens with two attached hydrogens (primary N) is 1. The highest BCUT2D eigenvalue weighted by molar-refractivity contribution is 6.03. The smallest absolute Gasteiger partial charge is 0.248 e. The van der Waals surface area contributed by atoms with Gasteiger partial charge in [-0.15, -0.1) is 0 Å². The van der Waals surface area contributed by atoms with Gasteiger partial charge < -0.3 is 15.8 Å². The van der Waals surface area contributed by atoms with Gasteiger partial charge >= 0.3 is 0 Å². The molecular weight excluding hydrogens is 304 g/mol. The summed E-state index contributed by atoms with van der Waals surface area (Å²) in [6.45, 7) is 1.88. The van der Waals surface area contributed by atoms with Gasteiger partial charge in [0, 0.05) is 11.3 Å². The normalized spacial score (nSPS) is 14.8. The molecule has 0 heterocycles. The van der Waals surface area contributed by atoms with Crippen molar-refractivity contribution in [3.05, 3.63) is 59.2 Å². The molecule has 24 heavy (non-hydrogen) atoms. The van der Waals surface area contributed by atoms with Crippen molar-refractivity contribution in [1.82, 2.24) is 0 Å². The maximum Gasteiger partial charge on any atom is 0.248 e. The number of hydrogen-bond donors (Lipinski definition) is 2. The summed E-state index contributed by atoms with van der Waals surface area (Å²) in [5.41, 5.74) is 7.68. The average Bonchev–Trinajstić information content (AvgIpc) is 3.38. The van der Waals surface area contributed by atoms with Crippen molar-refractivity contribution >= 4 is 17.5 Å². The summed E-state index contributed by atoms with van der Waals surface area (Å²) in [6, 6.07) is 12.6. The Labute approximate surface area is 140 Å². The molecule has 1 saturated carbocycles. The van der Waals surface area contributed by atoms with E-state index in [0.717, 1.165) is 29.7 Å². The standard InChI is InChI=1S/C19H20N2O3/c1-12-3-4-13(17(20)22)11-16(12)21-18(23)19(9-10-19)14-5-7-15(24-2)8-6-14/h3-8,11H,9-10H2,1-2H3,(H2,20,22)(H,21,23). The van der Waals surface area contributed by atoms with Crippen molar-refractivity contribution in [2.75, 3.05) is 12.4 Å². The molecule has 0 atom stereocenters. The van der Waals surface area contributed by atoms with Crippen LogP contribution >= 0.6 is 0 Å². The number of anilines is 1. The Bertz CT molecular complexity index is 793. The molecule has 2 aromatic rings. The molecule has 5 nitrogen and oxygen atoms in total. The molecule has 1 fully saturated rings. The minimum Gasteiger partial charge on any atom is -0.497 e. The van der Waals surface area contributed by atoms with Gasteiger partial charge in [-0.2, -0.15) is 0 Å². The first-order valence-electron chi connectivity index (χ1n) is 7.83. The Morgan fingerprint density at radius 3 is 2.33 bits per heavy atom. The van der Waals surface area contributed by atoms with Crippen LogP contribution in [0.2, 0.25) is 0 Å². The van der Waals surface area contributed by atoms with E-state index in [1.54, 1.807) is 25.3 Å². The number of rotatable bonds is 5. The van der Waals surface area contributed by atoms with E-state index in [4.69, 9.17) is 10.5 Å². The van der Waals surface area contributed by atoms with Crippen molar-refractivity contribution in [3.63, 3.8) is 0 Å². The van der Waals surface area contributed by atoms with Gasteiger partial charge in [0.05, 0.1) is 12.5 Å². The lowest BCUT2D eigenvalue weighted by atomic mass is 9.94. The zero-order chi connectivity index (χ0) is 17.3. The monoisotopic (exact) mass is 324 g/mol. The first-order chi connectivity index (χ1) is 11.5. The van der Waals surface area contributed by atoms with Crippen LogP contribution in [-0.4, -0.2) is 18.9 Å². The van der Waals surface area contributed by atoms with Gasteiger partial charge in [-0.3, -0.25) is 9.59 Å². The van der Waals surface area contributed by atoms with Gasteiger partial charge in [-0.05, 0) is 55.2 Å². The molecule has 0 aromatic heterocycles. The van der Waals surface area contributed by atoms with E-state index in [0.29, 0.717) is 11.3 Å². The minimum atomic E-state index is -0.512. The van der Waals surface area contributed by atoms with Crippen LogP contribution in [0.15, 0.2) is 42.5 Å². The van der Waals surface area contributed by atoms with Gasteiger partial charge in [0.1, 0.15) is 5.75 Å². The summed E-state index contributed by atoms with van der Waals surface area (Å²) in [4.78, 5) is 24.2. The van der Waals surface area contributed by atoms with Crippen LogP contribution in [0.1, 0.15) is 34.3 Å². The molecule has 0 radical (unpaired) electrons. The Morgan fingerprint density at radius 2 is 1.79 bits per heavy atom. The van der Waals surface area contributed by atoms with E-state index in [1.807, 2.05) is 31.2 Å². The van der Waals surface area contributed by atoms with Gasteiger partial charge in [0.2, 0.25) is 11.8 Å². The van der Waals surface area contributed by atoms with Gasteiger partial charge in [-0.25, -0.2) is 0 Å². The molecule has 124 valence electrons. The number of aryl methyl sites for hydroxylation is 1. The lowest BCUT2D eigenvalue weighted by Crippen LogP contribution is -2.28. The number of primary amides is 1. The third kappa shape index (κ3) is 2.85. The third-order valence-corrected chi connectivity index (χ3v) is 4.60. The van der Waals surface area contributed by atoms with Crippen LogP contribution in [-0.2, 0) is 10.2 Å². The summed E-state index contributed by atoms with van der Waals surface area (Å²) in [7, 11) is 1.61. The van der Waals surface area contributed by atoms with Crippen LogP contribution < -0.4 is 15.8 Å². The SMILES string of the molecule is COc1ccc(C2(C(=O)Nc3cc(C(N)=O)ccc3C)CC2)cc1. The Kier molecular flexibility index (Phi) is 4.01. The number of carbonyl (C=O) groups excluding carboxylic acids is 2. The van der Waals surface area contributed by atoms with Crippen LogP contribution in [0.4, 0.5) is 5.69 Å². The first kappa shape index (κ1) is 16.1. The Hall–Kier alpha value is -2.82. The molecule has 0 aliphatic heterocycles. The van der Waals surface area contributed by atoms with Crippen LogP contribution in [0.5, 0.6) is 5.75 Å². The largest absolute Gasteiger partial charge is 0.497 e. The van der Waals surface area contributed by atoms with E-state index in [-0.39, 0.29) is 5.91 Å². The van der Waals surface area contributed by atoms with Gasteiger partial charge in [-0.1, -0.05) is 18.2 Å². The molecule has 2 amide bonds. The van der Waals surface area contributed by atoms with Crippen molar-refractivity contribution < 1.29 is 14.3 Å². The minimum absolute atomic E-state index is 0.0580. The maximum atomic E-state index is 12.8. The number of ether oxygens (including phenoxy) is 1. The van der Waals surface area contributed by atoms with Crippen LogP contribution in [0, 0.1) is 6.92 Å². The highest BCUT2D eigenvalue weighted by Crippen LogP contribution is 2.49. The molecule has 0 spiro atoms. The summed E-state index contributed by atoms with van der Waals surface area (Å²) >= 11 is 0. The number of nitrogens with one attached hydrogen (secondary N) is 1. The molecule has 5 heteroatoms. The lowest BCUT2D eigenvalue weighted by molar-refractivity contribution is -0.118. The molecule has 2 aromatic carbocycles. The van der Waals surface area contributed by atoms with Gasteiger partial charge in [0.25, 0.3) is 0 Å². The molecule has 3 rings (SSSR count). The molecule has 3 N–H and O–H groups in total. The van der Waals surface area contributed by atoms with Crippen molar-refractivity contribution in [1.29, 1.82) is 0 Å². The van der Waals surface area contributed by atoms with Crippen molar-refractivity contribution in [2.45, 2.75) is 25.2 Å². The number of methoxy groups -OCH3 is 1. The maximum absolute atomic E-state index is 12.8. The quantitative estimate of drug-likeness (QED) is 0.887. The summed E-state index contributed by atoms with van der Waals surface area (Å²) < 4.78 is 5.17. The molecular formula is C19H20N2O3. The number of carbonyl (C=O) groups is 2. The van der Waals surface area contributed by atoms with Crippen LogP contribution in [0.25, 0.3) is 0 Å². The molecule has 0 unspecified atom stereocenters. The Balaban J connectivity index is 1.84. The highest BCUT2D eigenvalue weighted by Gasteiger charge is 2.51. The average molecular weight is 324 g/mol. The molecule has 0 bridgehead atoms. The van der Waals surface area contributed by atoms with E-state index < -0.39 is 11.3 Å². The number of hydrogen-bond acceptors (Lipinski definition) is 3. The van der Waals surface area contributed by atoms with Crippen molar-refractivity contribution in [3.8, 4) is 5.75 Å². The van der Waals surface area contributed by atoms with E-state index in [2.05, 4.69) is 5.32 Å². The second kappa shape index (κ2) is 6.00. The summed E-state index contributed by atoms with van der Waals surface area (Å²) in [5.74, 6) is 0.194. The zero-order valence-corrected chi connectivity index (χ0v) is 13.8. The summed E-state index contributed by atoms with van der Waals surface area (Å²) in [6.07, 6.45) is 1.61. The fourth-order valence-electron chi connectivity index (χ4n) is 2.83. The number of amides is 2. The van der Waals surface area contributed by atoms with Crippen molar-refractivity contribution in [2.24, 2.45) is 5.73 Å². The number of benzene rings is 2. The molecule has 0 saturated heterocycles. The third-order valence-electron chi connectivity index (χ3n) is 4.60. The fourth-order valence-corrected chi connectivity index (χ4v) is 2.83. The molecule has 1 aliphatic carbocycles. The van der Waals surface area contributed by atoms with Crippen LogP contribution in [0.3, 0.4) is 0 Å². The fraction of sp³-hybridized carbons (Fsp3) is 0.263. The van der Waals surface area contributed by atoms with E-state index in [9.17, 15) is 9.59 Å². The lowest BCUT2D eigenvalue weighted by Gasteiger charge is -2.17. The predicted octanol–water partition coefficient (Wildman–Crippen LogP) is 2.77. The second-order valence-electron chi connectivity index (χ2n) is 6.16. The molecule has 1 aliphatic rings. The predicted molar refractivity (Wildman–Crippen MR) is 92.2 cm³/mol.